The number of furan rings is 1. The van der Waals surface area contributed by atoms with Crippen LogP contribution in [0.25, 0.3) is 22.3 Å². The summed E-state index contributed by atoms with van der Waals surface area (Å²) in [6.45, 7) is 0.519. The molecule has 1 heterocycles. The van der Waals surface area contributed by atoms with Crippen LogP contribution in [0.1, 0.15) is 35.2 Å². The number of carbonyl (C=O) groups excluding carboxylic acids is 1. The molecule has 3 nitrogen and oxygen atoms in total. The average Bonchev–Trinajstić information content (AvgIpc) is 3.28. The van der Waals surface area contributed by atoms with Crippen molar-refractivity contribution in [2.45, 2.75) is 25.9 Å². The summed E-state index contributed by atoms with van der Waals surface area (Å²) in [7, 11) is 0. The van der Waals surface area contributed by atoms with E-state index in [4.69, 9.17) is 9.15 Å². The van der Waals surface area contributed by atoms with E-state index in [1.807, 2.05) is 24.3 Å². The number of halogens is 1. The van der Waals surface area contributed by atoms with Crippen molar-refractivity contribution in [3.8, 4) is 11.3 Å². The van der Waals surface area contributed by atoms with Gasteiger partial charge in [0.15, 0.2) is 0 Å². The third kappa shape index (κ3) is 3.20. The molecule has 0 saturated heterocycles. The van der Waals surface area contributed by atoms with Crippen molar-refractivity contribution in [2.24, 2.45) is 0 Å². The number of aldehydes is 1. The Morgan fingerprint density at radius 1 is 1.16 bits per heavy atom. The van der Waals surface area contributed by atoms with Crippen molar-refractivity contribution < 1.29 is 18.3 Å². The molecule has 0 spiro atoms. The zero-order chi connectivity index (χ0) is 17.2. The molecule has 4 heteroatoms. The standard InChI is InChI=1S/C21H17FO3/c22-19-10-14(12-23)5-7-18(19)21-11-16-9-15(6-8-20(16)25-21)13-24-17-3-1-2-4-17/h3,5-12H,1-2,4,13H2. The number of benzene rings is 2. The molecular formula is C21H17FO3. The molecule has 1 aliphatic carbocycles. The Kier molecular flexibility index (Phi) is 4.10. The summed E-state index contributed by atoms with van der Waals surface area (Å²) in [5.74, 6) is 1.03. The summed E-state index contributed by atoms with van der Waals surface area (Å²) >= 11 is 0. The largest absolute Gasteiger partial charge is 0.494 e. The van der Waals surface area contributed by atoms with Gasteiger partial charge in [-0.15, -0.1) is 0 Å². The summed E-state index contributed by atoms with van der Waals surface area (Å²) in [6.07, 6.45) is 6.02. The first-order valence-corrected chi connectivity index (χ1v) is 8.32. The Morgan fingerprint density at radius 2 is 2.08 bits per heavy atom. The number of hydrogen-bond donors (Lipinski definition) is 0. The second kappa shape index (κ2) is 6.55. The molecule has 0 radical (unpaired) electrons. The molecule has 25 heavy (non-hydrogen) atoms. The van der Waals surface area contributed by atoms with Crippen LogP contribution in [0.3, 0.4) is 0 Å². The van der Waals surface area contributed by atoms with E-state index in [1.54, 1.807) is 12.1 Å². The lowest BCUT2D eigenvalue weighted by Gasteiger charge is -2.06. The lowest BCUT2D eigenvalue weighted by atomic mass is 10.1. The van der Waals surface area contributed by atoms with Crippen LogP contribution < -0.4 is 0 Å². The maximum Gasteiger partial charge on any atom is 0.150 e. The Hall–Kier alpha value is -2.88. The van der Waals surface area contributed by atoms with Crippen LogP contribution in [0.5, 0.6) is 0 Å². The fourth-order valence-electron chi connectivity index (χ4n) is 3.07. The van der Waals surface area contributed by atoms with Crippen molar-refractivity contribution in [3.05, 3.63) is 71.2 Å². The van der Waals surface area contributed by atoms with E-state index in [1.165, 1.54) is 6.07 Å². The highest BCUT2D eigenvalue weighted by atomic mass is 19.1. The number of fused-ring (bicyclic) bond motifs is 1. The van der Waals surface area contributed by atoms with Gasteiger partial charge in [-0.1, -0.05) is 12.1 Å². The van der Waals surface area contributed by atoms with Crippen LogP contribution in [0.15, 0.2) is 58.7 Å². The van der Waals surface area contributed by atoms with E-state index in [0.29, 0.717) is 35.4 Å². The molecule has 1 aromatic heterocycles. The van der Waals surface area contributed by atoms with Gasteiger partial charge in [-0.05, 0) is 54.8 Å². The van der Waals surface area contributed by atoms with Gasteiger partial charge in [0, 0.05) is 17.4 Å². The lowest BCUT2D eigenvalue weighted by Crippen LogP contribution is -1.91. The van der Waals surface area contributed by atoms with Gasteiger partial charge < -0.3 is 9.15 Å². The Balaban J connectivity index is 1.60. The van der Waals surface area contributed by atoms with Gasteiger partial charge in [0.05, 0.1) is 11.3 Å². The molecular weight excluding hydrogens is 319 g/mol. The maximum absolute atomic E-state index is 14.2. The summed E-state index contributed by atoms with van der Waals surface area (Å²) in [5, 5.41) is 0.898. The fraction of sp³-hybridized carbons (Fsp3) is 0.190. The van der Waals surface area contributed by atoms with E-state index in [2.05, 4.69) is 6.08 Å². The molecule has 2 aromatic carbocycles. The number of rotatable bonds is 5. The normalized spacial score (nSPS) is 13.9. The van der Waals surface area contributed by atoms with E-state index in [9.17, 15) is 9.18 Å². The zero-order valence-corrected chi connectivity index (χ0v) is 13.6. The van der Waals surface area contributed by atoms with Crippen molar-refractivity contribution in [1.29, 1.82) is 0 Å². The number of ether oxygens (including phenoxy) is 1. The molecule has 0 amide bonds. The van der Waals surface area contributed by atoms with Gasteiger partial charge in [0.25, 0.3) is 0 Å². The van der Waals surface area contributed by atoms with Crippen LogP contribution in [0, 0.1) is 5.82 Å². The zero-order valence-electron chi connectivity index (χ0n) is 13.6. The van der Waals surface area contributed by atoms with Crippen LogP contribution >= 0.6 is 0 Å². The first-order valence-electron chi connectivity index (χ1n) is 8.32. The smallest absolute Gasteiger partial charge is 0.150 e. The second-order valence-corrected chi connectivity index (χ2v) is 6.19. The minimum Gasteiger partial charge on any atom is -0.494 e. The van der Waals surface area contributed by atoms with Crippen molar-refractivity contribution >= 4 is 17.3 Å². The highest BCUT2D eigenvalue weighted by Crippen LogP contribution is 2.31. The van der Waals surface area contributed by atoms with Crippen LogP contribution in [-0.2, 0) is 11.3 Å². The number of hydrogen-bond acceptors (Lipinski definition) is 3. The maximum atomic E-state index is 14.2. The van der Waals surface area contributed by atoms with Crippen LogP contribution in [-0.4, -0.2) is 6.29 Å². The first kappa shape index (κ1) is 15.6. The third-order valence-corrected chi connectivity index (χ3v) is 4.40. The van der Waals surface area contributed by atoms with Crippen LogP contribution in [0.2, 0.25) is 0 Å². The predicted octanol–water partition coefficient (Wildman–Crippen LogP) is 5.64. The van der Waals surface area contributed by atoms with E-state index >= 15 is 0 Å². The highest BCUT2D eigenvalue weighted by Gasteiger charge is 2.12. The first-order chi connectivity index (χ1) is 12.2. The van der Waals surface area contributed by atoms with Crippen molar-refractivity contribution in [2.75, 3.05) is 0 Å². The SMILES string of the molecule is O=Cc1ccc(-c2cc3cc(COC4=CCCC4)ccc3o2)c(F)c1. The monoisotopic (exact) mass is 336 g/mol. The summed E-state index contributed by atoms with van der Waals surface area (Å²) in [5.41, 5.74) is 2.39. The molecule has 3 aromatic rings. The van der Waals surface area contributed by atoms with E-state index in [-0.39, 0.29) is 0 Å². The van der Waals surface area contributed by atoms with Gasteiger partial charge in [0.2, 0.25) is 0 Å². The molecule has 0 atom stereocenters. The molecule has 0 saturated carbocycles. The molecule has 0 unspecified atom stereocenters. The van der Waals surface area contributed by atoms with Crippen LogP contribution in [0.4, 0.5) is 4.39 Å². The quantitative estimate of drug-likeness (QED) is 0.566. The van der Waals surface area contributed by atoms with E-state index < -0.39 is 5.82 Å². The van der Waals surface area contributed by atoms with Gasteiger partial charge >= 0.3 is 0 Å². The third-order valence-electron chi connectivity index (χ3n) is 4.40. The molecule has 0 N–H and O–H groups in total. The topological polar surface area (TPSA) is 39.4 Å². The van der Waals surface area contributed by atoms with Gasteiger partial charge in [-0.2, -0.15) is 0 Å². The summed E-state index contributed by atoms with van der Waals surface area (Å²) in [4.78, 5) is 10.7. The fourth-order valence-corrected chi connectivity index (χ4v) is 3.07. The van der Waals surface area contributed by atoms with Gasteiger partial charge in [-0.25, -0.2) is 4.39 Å². The molecule has 1 aliphatic rings. The molecule has 0 fully saturated rings. The summed E-state index contributed by atoms with van der Waals surface area (Å²) < 4.78 is 25.8. The average molecular weight is 336 g/mol. The lowest BCUT2D eigenvalue weighted by molar-refractivity contribution is 0.112. The Labute approximate surface area is 144 Å². The number of allylic oxidation sites excluding steroid dienone is 2. The van der Waals surface area contributed by atoms with Crippen molar-refractivity contribution in [1.82, 2.24) is 0 Å². The Morgan fingerprint density at radius 3 is 2.84 bits per heavy atom. The van der Waals surface area contributed by atoms with Gasteiger partial charge in [-0.3, -0.25) is 4.79 Å². The molecule has 0 bridgehead atoms. The predicted molar refractivity (Wildman–Crippen MR) is 93.7 cm³/mol. The molecule has 4 rings (SSSR count). The van der Waals surface area contributed by atoms with Gasteiger partial charge in [0.1, 0.15) is 30.1 Å². The molecule has 0 aliphatic heterocycles. The Bertz CT molecular complexity index is 968. The number of carbonyl (C=O) groups is 1. The summed E-state index contributed by atoms with van der Waals surface area (Å²) in [6, 6.07) is 12.0. The van der Waals surface area contributed by atoms with E-state index in [0.717, 1.165) is 36.0 Å². The molecule has 126 valence electrons. The second-order valence-electron chi connectivity index (χ2n) is 6.19. The minimum atomic E-state index is -0.472. The highest BCUT2D eigenvalue weighted by molar-refractivity contribution is 5.84. The minimum absolute atomic E-state index is 0.304. The van der Waals surface area contributed by atoms with Crippen molar-refractivity contribution in [3.63, 3.8) is 0 Å².